The van der Waals surface area contributed by atoms with Crippen molar-refractivity contribution >= 4 is 66.3 Å². The van der Waals surface area contributed by atoms with Crippen molar-refractivity contribution in [2.75, 3.05) is 31.7 Å². The van der Waals surface area contributed by atoms with Gasteiger partial charge in [0.2, 0.25) is 5.13 Å². The Morgan fingerprint density at radius 2 is 1.72 bits per heavy atom. The van der Waals surface area contributed by atoms with E-state index in [2.05, 4.69) is 53.0 Å². The van der Waals surface area contributed by atoms with Crippen LogP contribution < -0.4 is 9.64 Å². The van der Waals surface area contributed by atoms with Gasteiger partial charge in [-0.2, -0.15) is 0 Å². The molecule has 9 heteroatoms. The van der Waals surface area contributed by atoms with E-state index in [0.717, 1.165) is 63.8 Å². The van der Waals surface area contributed by atoms with E-state index in [-0.39, 0.29) is 0 Å². The molecule has 0 fully saturated rings. The second kappa shape index (κ2) is 14.0. The van der Waals surface area contributed by atoms with Gasteiger partial charge in [-0.25, -0.2) is 9.78 Å². The average molecular weight is 563 g/mol. The Bertz CT molecular complexity index is 1390. The van der Waals surface area contributed by atoms with Gasteiger partial charge in [0.1, 0.15) is 10.6 Å². The molecule has 0 aliphatic heterocycles. The van der Waals surface area contributed by atoms with Gasteiger partial charge in [-0.3, -0.25) is 0 Å². The first-order valence-electron chi connectivity index (χ1n) is 13.2. The van der Waals surface area contributed by atoms with Gasteiger partial charge in [0.15, 0.2) is 0 Å². The SMILES string of the molecule is CCCCCOc1ccc(/C(=C/c2cc3sc(N=Nc4ccc(N(CC)CC)cc4)nc3s2)C(=O)OC)cc1. The van der Waals surface area contributed by atoms with Crippen LogP contribution in [-0.4, -0.2) is 37.8 Å². The Morgan fingerprint density at radius 3 is 2.36 bits per heavy atom. The number of esters is 1. The topological polar surface area (TPSA) is 76.4 Å². The van der Waals surface area contributed by atoms with Gasteiger partial charge in [-0.1, -0.05) is 43.2 Å². The number of thiophene rings is 1. The van der Waals surface area contributed by atoms with E-state index >= 15 is 0 Å². The molecule has 0 N–H and O–H groups in total. The number of hydrogen-bond acceptors (Lipinski definition) is 9. The number of fused-ring (bicyclic) bond motifs is 1. The summed E-state index contributed by atoms with van der Waals surface area (Å²) in [5.41, 5.74) is 3.21. The quantitative estimate of drug-likeness (QED) is 0.0704. The van der Waals surface area contributed by atoms with Crippen LogP contribution in [-0.2, 0) is 9.53 Å². The minimum Gasteiger partial charge on any atom is -0.494 e. The number of nitrogens with zero attached hydrogens (tertiary/aromatic N) is 4. The summed E-state index contributed by atoms with van der Waals surface area (Å²) in [6.07, 6.45) is 5.18. The first-order chi connectivity index (χ1) is 19.0. The third kappa shape index (κ3) is 7.52. The van der Waals surface area contributed by atoms with Crippen LogP contribution in [0.5, 0.6) is 5.75 Å². The number of anilines is 1. The van der Waals surface area contributed by atoms with Gasteiger partial charge in [-0.05, 0) is 74.4 Å². The van der Waals surface area contributed by atoms with Crippen LogP contribution in [0.3, 0.4) is 0 Å². The lowest BCUT2D eigenvalue weighted by atomic mass is 10.1. The Balaban J connectivity index is 1.47. The predicted molar refractivity (Wildman–Crippen MR) is 163 cm³/mol. The van der Waals surface area contributed by atoms with Gasteiger partial charge < -0.3 is 14.4 Å². The van der Waals surface area contributed by atoms with Gasteiger partial charge in [0.05, 0.1) is 29.7 Å². The number of carbonyl (C=O) groups is 1. The van der Waals surface area contributed by atoms with Crippen molar-refractivity contribution in [2.45, 2.75) is 40.0 Å². The molecule has 4 aromatic rings. The molecule has 0 aliphatic rings. The fraction of sp³-hybridized carbons (Fsp3) is 0.333. The second-order valence-corrected chi connectivity index (χ2v) is 10.9. The summed E-state index contributed by atoms with van der Waals surface area (Å²) in [5, 5.41) is 9.30. The van der Waals surface area contributed by atoms with Gasteiger partial charge in [0, 0.05) is 23.7 Å². The molecule has 0 radical (unpaired) electrons. The lowest BCUT2D eigenvalue weighted by Crippen LogP contribution is -2.21. The number of carbonyl (C=O) groups excluding carboxylic acids is 1. The third-order valence-corrected chi connectivity index (χ3v) is 8.19. The minimum absolute atomic E-state index is 0.391. The maximum Gasteiger partial charge on any atom is 0.338 e. The van der Waals surface area contributed by atoms with Crippen molar-refractivity contribution in [1.82, 2.24) is 4.98 Å². The van der Waals surface area contributed by atoms with E-state index in [1.165, 1.54) is 35.5 Å². The standard InChI is InChI=1S/C30H34N4O3S2/c1-5-8-9-18-37-24-16-10-21(11-17-24)26(29(35)36-4)19-25-20-27-28(38-25)31-30(39-27)33-32-22-12-14-23(15-13-22)34(6-2)7-3/h10-17,19-20H,5-9,18H2,1-4H3/b26-19-,33-32?. The van der Waals surface area contributed by atoms with Crippen molar-refractivity contribution in [3.8, 4) is 5.75 Å². The monoisotopic (exact) mass is 562 g/mol. The number of methoxy groups -OCH3 is 1. The smallest absolute Gasteiger partial charge is 0.338 e. The highest BCUT2D eigenvalue weighted by molar-refractivity contribution is 7.29. The van der Waals surface area contributed by atoms with E-state index in [4.69, 9.17) is 9.47 Å². The molecule has 4 rings (SSSR count). The molecule has 2 aromatic heterocycles. The van der Waals surface area contributed by atoms with Gasteiger partial charge in [-0.15, -0.1) is 21.6 Å². The largest absolute Gasteiger partial charge is 0.494 e. The summed E-state index contributed by atoms with van der Waals surface area (Å²) < 4.78 is 11.9. The molecular weight excluding hydrogens is 528 g/mol. The highest BCUT2D eigenvalue weighted by Crippen LogP contribution is 2.37. The van der Waals surface area contributed by atoms with E-state index in [0.29, 0.717) is 17.3 Å². The zero-order valence-corrected chi connectivity index (χ0v) is 24.5. The number of ether oxygens (including phenoxy) is 2. The molecule has 2 heterocycles. The first kappa shape index (κ1) is 28.4. The fourth-order valence-corrected chi connectivity index (χ4v) is 6.04. The van der Waals surface area contributed by atoms with E-state index < -0.39 is 5.97 Å². The number of thiazole rings is 1. The molecular formula is C30H34N4O3S2. The number of hydrogen-bond donors (Lipinski definition) is 0. The molecule has 0 amide bonds. The first-order valence-corrected chi connectivity index (χ1v) is 14.9. The molecule has 2 aromatic carbocycles. The number of unbranched alkanes of at least 4 members (excludes halogenated alkanes) is 2. The Kier molecular flexibility index (Phi) is 10.2. The summed E-state index contributed by atoms with van der Waals surface area (Å²) in [6.45, 7) is 9.08. The zero-order chi connectivity index (χ0) is 27.6. The summed E-state index contributed by atoms with van der Waals surface area (Å²) in [6, 6.07) is 17.6. The van der Waals surface area contributed by atoms with Crippen molar-refractivity contribution in [2.24, 2.45) is 10.2 Å². The summed E-state index contributed by atoms with van der Waals surface area (Å²) >= 11 is 2.97. The normalized spacial score (nSPS) is 11.8. The summed E-state index contributed by atoms with van der Waals surface area (Å²) in [5.74, 6) is 0.402. The second-order valence-electron chi connectivity index (χ2n) is 8.83. The highest BCUT2D eigenvalue weighted by Gasteiger charge is 2.15. The van der Waals surface area contributed by atoms with Crippen molar-refractivity contribution in [3.05, 3.63) is 65.0 Å². The van der Waals surface area contributed by atoms with Crippen molar-refractivity contribution < 1.29 is 14.3 Å². The van der Waals surface area contributed by atoms with Crippen molar-refractivity contribution in [1.29, 1.82) is 0 Å². The molecule has 0 bridgehead atoms. The third-order valence-electron chi connectivity index (χ3n) is 6.20. The van der Waals surface area contributed by atoms with Crippen LogP contribution in [0, 0.1) is 0 Å². The van der Waals surface area contributed by atoms with Crippen LogP contribution in [0.4, 0.5) is 16.5 Å². The molecule has 0 saturated heterocycles. The zero-order valence-electron chi connectivity index (χ0n) is 22.8. The maximum atomic E-state index is 12.6. The van der Waals surface area contributed by atoms with Crippen LogP contribution in [0.2, 0.25) is 0 Å². The number of aromatic nitrogens is 1. The van der Waals surface area contributed by atoms with Crippen LogP contribution in [0.1, 0.15) is 50.5 Å². The molecule has 0 aliphatic carbocycles. The lowest BCUT2D eigenvalue weighted by molar-refractivity contribution is -0.133. The van der Waals surface area contributed by atoms with Gasteiger partial charge >= 0.3 is 5.97 Å². The molecule has 39 heavy (non-hydrogen) atoms. The maximum absolute atomic E-state index is 12.6. The molecule has 7 nitrogen and oxygen atoms in total. The Hall–Kier alpha value is -3.56. The fourth-order valence-electron chi connectivity index (χ4n) is 4.06. The Morgan fingerprint density at radius 1 is 0.974 bits per heavy atom. The summed E-state index contributed by atoms with van der Waals surface area (Å²) in [7, 11) is 1.39. The van der Waals surface area contributed by atoms with E-state index in [1.54, 1.807) is 0 Å². The molecule has 0 saturated carbocycles. The Labute approximate surface area is 237 Å². The lowest BCUT2D eigenvalue weighted by Gasteiger charge is -2.20. The van der Waals surface area contributed by atoms with Crippen LogP contribution in [0.15, 0.2) is 64.8 Å². The molecule has 0 spiro atoms. The molecule has 0 atom stereocenters. The van der Waals surface area contributed by atoms with Crippen LogP contribution in [0.25, 0.3) is 21.2 Å². The minimum atomic E-state index is -0.391. The van der Waals surface area contributed by atoms with E-state index in [1.807, 2.05) is 48.5 Å². The predicted octanol–water partition coefficient (Wildman–Crippen LogP) is 8.90. The highest BCUT2D eigenvalue weighted by atomic mass is 32.1. The molecule has 204 valence electrons. The van der Waals surface area contributed by atoms with Crippen molar-refractivity contribution in [3.63, 3.8) is 0 Å². The summed E-state index contributed by atoms with van der Waals surface area (Å²) in [4.78, 5) is 21.3. The van der Waals surface area contributed by atoms with Gasteiger partial charge in [0.25, 0.3) is 0 Å². The average Bonchev–Trinajstić information content (AvgIpc) is 3.53. The molecule has 0 unspecified atom stereocenters. The van der Waals surface area contributed by atoms with Crippen LogP contribution >= 0.6 is 22.7 Å². The van der Waals surface area contributed by atoms with E-state index in [9.17, 15) is 4.79 Å². The number of azo groups is 1. The number of benzene rings is 2. The number of rotatable bonds is 13.